The van der Waals surface area contributed by atoms with Crippen LogP contribution in [-0.4, -0.2) is 43.3 Å². The predicted molar refractivity (Wildman–Crippen MR) is 108 cm³/mol. The zero-order chi connectivity index (χ0) is 18.6. The first-order valence-electron chi connectivity index (χ1n) is 8.21. The van der Waals surface area contributed by atoms with E-state index in [-0.39, 0.29) is 5.41 Å². The van der Waals surface area contributed by atoms with E-state index in [0.29, 0.717) is 15.8 Å². The summed E-state index contributed by atoms with van der Waals surface area (Å²) in [5.41, 5.74) is -0.264. The van der Waals surface area contributed by atoms with E-state index >= 15 is 0 Å². The van der Waals surface area contributed by atoms with Crippen LogP contribution in [0.2, 0.25) is 0 Å². The number of halogens is 1. The molecule has 141 valence electrons. The SMILES string of the molecule is CC(C)(C)[C-]=O.CCP(CC)CC.CCP(CC)CC.[Cl][Ni]. The van der Waals surface area contributed by atoms with Gasteiger partial charge in [0.2, 0.25) is 0 Å². The van der Waals surface area contributed by atoms with Crippen LogP contribution in [0, 0.1) is 5.41 Å². The van der Waals surface area contributed by atoms with Gasteiger partial charge >= 0.3 is 24.8 Å². The zero-order valence-electron chi connectivity index (χ0n) is 16.2. The molecule has 0 aliphatic rings. The second-order valence-electron chi connectivity index (χ2n) is 5.59. The molecule has 0 aromatic carbocycles. The minimum atomic E-state index is -0.264. The molecule has 0 aliphatic heterocycles. The second kappa shape index (κ2) is 24.6. The second-order valence-corrected chi connectivity index (χ2v) is 12.1. The van der Waals surface area contributed by atoms with Gasteiger partial charge in [-0.15, -0.1) is 21.3 Å². The summed E-state index contributed by atoms with van der Waals surface area (Å²) < 4.78 is 0. The first kappa shape index (κ1) is 31.1. The Labute approximate surface area is 156 Å². The van der Waals surface area contributed by atoms with Crippen LogP contribution in [0.5, 0.6) is 0 Å². The molecule has 0 radical (unpaired) electrons. The van der Waals surface area contributed by atoms with E-state index in [4.69, 9.17) is 0 Å². The van der Waals surface area contributed by atoms with Gasteiger partial charge in [0.25, 0.3) is 0 Å². The summed E-state index contributed by atoms with van der Waals surface area (Å²) in [6.07, 6.45) is 10.4. The molecular formula is C17H39ClNiOP2-. The van der Waals surface area contributed by atoms with E-state index in [0.717, 1.165) is 0 Å². The number of rotatable bonds is 6. The van der Waals surface area contributed by atoms with Crippen LogP contribution in [0.15, 0.2) is 0 Å². The summed E-state index contributed by atoms with van der Waals surface area (Å²) in [7, 11) is 5.16. The fourth-order valence-electron chi connectivity index (χ4n) is 1.34. The fraction of sp³-hybridized carbons (Fsp3) is 0.941. The van der Waals surface area contributed by atoms with Crippen molar-refractivity contribution in [3.63, 3.8) is 0 Å². The molecule has 0 amide bonds. The van der Waals surface area contributed by atoms with Crippen LogP contribution in [-0.2, 0) is 19.4 Å². The molecule has 0 aromatic heterocycles. The van der Waals surface area contributed by atoms with Crippen molar-refractivity contribution < 1.29 is 19.4 Å². The molecule has 0 fully saturated rings. The molecule has 0 saturated carbocycles. The van der Waals surface area contributed by atoms with E-state index in [1.165, 1.54) is 37.0 Å². The monoisotopic (exact) mass is 414 g/mol. The van der Waals surface area contributed by atoms with Crippen LogP contribution < -0.4 is 0 Å². The van der Waals surface area contributed by atoms with Crippen molar-refractivity contribution in [3.05, 3.63) is 0 Å². The molecule has 1 nitrogen and oxygen atoms in total. The molecule has 5 heteroatoms. The molecule has 0 atom stereocenters. The van der Waals surface area contributed by atoms with Crippen molar-refractivity contribution in [2.24, 2.45) is 5.41 Å². The molecular weight excluding hydrogens is 376 g/mol. The van der Waals surface area contributed by atoms with Crippen molar-refractivity contribution in [1.82, 2.24) is 0 Å². The van der Waals surface area contributed by atoms with Crippen LogP contribution in [0.1, 0.15) is 62.3 Å². The topological polar surface area (TPSA) is 17.1 Å². The molecule has 0 bridgehead atoms. The summed E-state index contributed by atoms with van der Waals surface area (Å²) in [4.78, 5) is 9.70. The molecule has 0 saturated heterocycles. The average molecular weight is 416 g/mol. The van der Waals surface area contributed by atoms with Gasteiger partial charge in [-0.1, -0.05) is 62.3 Å². The van der Waals surface area contributed by atoms with Gasteiger partial charge in [0.15, 0.2) is 0 Å². The Morgan fingerprint density at radius 1 is 0.727 bits per heavy atom. The van der Waals surface area contributed by atoms with Crippen LogP contribution in [0.25, 0.3) is 0 Å². The van der Waals surface area contributed by atoms with Gasteiger partial charge in [0.1, 0.15) is 0 Å². The van der Waals surface area contributed by atoms with Crippen molar-refractivity contribution in [2.45, 2.75) is 62.3 Å². The van der Waals surface area contributed by atoms with Crippen LogP contribution in [0.3, 0.4) is 0 Å². The van der Waals surface area contributed by atoms with Gasteiger partial charge in [0.05, 0.1) is 0 Å². The summed E-state index contributed by atoms with van der Waals surface area (Å²) in [6, 6.07) is 0. The van der Waals surface area contributed by atoms with E-state index in [2.05, 4.69) is 66.3 Å². The number of carbonyl (C=O) groups excluding carboxylic acids is 1. The van der Waals surface area contributed by atoms with Gasteiger partial charge in [-0.25, -0.2) is 0 Å². The molecule has 0 unspecified atom stereocenters. The third-order valence-corrected chi connectivity index (χ3v) is 8.36. The Balaban J connectivity index is -0.000000105. The van der Waals surface area contributed by atoms with E-state index < -0.39 is 0 Å². The van der Waals surface area contributed by atoms with E-state index in [1.807, 2.05) is 27.1 Å². The van der Waals surface area contributed by atoms with Crippen molar-refractivity contribution >= 4 is 32.3 Å². The van der Waals surface area contributed by atoms with Gasteiger partial charge in [-0.2, -0.15) is 0 Å². The molecule has 22 heavy (non-hydrogen) atoms. The van der Waals surface area contributed by atoms with Gasteiger partial charge < -0.3 is 4.79 Å². The van der Waals surface area contributed by atoms with Crippen molar-refractivity contribution in [2.75, 3.05) is 37.0 Å². The summed E-state index contributed by atoms with van der Waals surface area (Å²) in [6.45, 7) is 19.2. The fourth-order valence-corrected chi connectivity index (χ4v) is 4.02. The number of hydrogen-bond donors (Lipinski definition) is 0. The third kappa shape index (κ3) is 33.0. The van der Waals surface area contributed by atoms with Crippen molar-refractivity contribution in [3.8, 4) is 0 Å². The summed E-state index contributed by atoms with van der Waals surface area (Å²) in [5, 5.41) is 0. The quantitative estimate of drug-likeness (QED) is 0.262. The molecule has 0 rings (SSSR count). The standard InChI is InChI=1S/2C6H15P.C5H9O.ClH.Ni/c2*1-4-7(5-2)6-3;1-5(2,3)4-6;;/h2*4-6H2,1-3H3;1-3H3;1H;/q;;-1;;+1/p-1. The Morgan fingerprint density at radius 2 is 0.864 bits per heavy atom. The molecule has 0 aromatic rings. The Bertz CT molecular complexity index is 169. The van der Waals surface area contributed by atoms with E-state index in [9.17, 15) is 4.79 Å². The van der Waals surface area contributed by atoms with Crippen molar-refractivity contribution in [1.29, 1.82) is 0 Å². The Morgan fingerprint density at radius 3 is 0.864 bits per heavy atom. The first-order valence-corrected chi connectivity index (χ1v) is 13.4. The molecule has 0 N–H and O–H groups in total. The van der Waals surface area contributed by atoms with Gasteiger partial charge in [-0.05, 0) is 37.0 Å². The number of hydrogen-bond acceptors (Lipinski definition) is 1. The third-order valence-electron chi connectivity index (χ3n) is 2.99. The Kier molecular flexibility index (Phi) is 34.7. The van der Waals surface area contributed by atoms with Crippen LogP contribution in [0.4, 0.5) is 0 Å². The molecule has 0 heterocycles. The minimum absolute atomic E-state index is 0.264. The summed E-state index contributed by atoms with van der Waals surface area (Å²) >= 11 is 3.35. The molecule has 0 aliphatic carbocycles. The van der Waals surface area contributed by atoms with Crippen LogP contribution >= 0.6 is 26.0 Å². The normalized spacial score (nSPS) is 9.91. The predicted octanol–water partition coefficient (Wildman–Crippen LogP) is 6.89. The summed E-state index contributed by atoms with van der Waals surface area (Å²) in [5.74, 6) is 0. The van der Waals surface area contributed by atoms with E-state index in [1.54, 1.807) is 0 Å². The van der Waals surface area contributed by atoms with Gasteiger partial charge in [0, 0.05) is 0 Å². The average Bonchev–Trinajstić information content (AvgIpc) is 2.53. The maximum atomic E-state index is 9.70. The zero-order valence-corrected chi connectivity index (χ0v) is 19.8. The first-order chi connectivity index (χ1) is 10.3. The maximum absolute atomic E-state index is 9.70. The Hall–Kier alpha value is 1.31. The molecule has 0 spiro atoms. The van der Waals surface area contributed by atoms with Gasteiger partial charge in [-0.3, -0.25) is 6.29 Å².